The molecule has 3 rings (SSSR count). The fourth-order valence-electron chi connectivity index (χ4n) is 3.34. The van der Waals surface area contributed by atoms with E-state index in [1.165, 1.54) is 7.11 Å². The number of likely N-dealkylation sites (tertiary alicyclic amines) is 1. The van der Waals surface area contributed by atoms with Crippen LogP contribution in [0.15, 0.2) is 36.5 Å². The number of esters is 1. The number of piperidine rings is 1. The van der Waals surface area contributed by atoms with Crippen LogP contribution in [0.25, 0.3) is 5.69 Å². The Morgan fingerprint density at radius 3 is 2.48 bits per heavy atom. The fraction of sp³-hybridized carbons (Fsp3) is 0.421. The fourth-order valence-corrected chi connectivity index (χ4v) is 3.34. The zero-order valence-electron chi connectivity index (χ0n) is 14.6. The molecule has 25 heavy (non-hydrogen) atoms. The molecule has 0 saturated carbocycles. The highest BCUT2D eigenvalue weighted by Crippen LogP contribution is 2.22. The van der Waals surface area contributed by atoms with Crippen molar-refractivity contribution in [1.29, 1.82) is 0 Å². The summed E-state index contributed by atoms with van der Waals surface area (Å²) in [6, 6.07) is 9.81. The first kappa shape index (κ1) is 17.2. The zero-order valence-corrected chi connectivity index (χ0v) is 14.6. The number of amides is 1. The van der Waals surface area contributed by atoms with Gasteiger partial charge in [-0.2, -0.15) is 5.10 Å². The number of para-hydroxylation sites is 1. The van der Waals surface area contributed by atoms with Gasteiger partial charge >= 0.3 is 5.97 Å². The van der Waals surface area contributed by atoms with Crippen LogP contribution in [0.3, 0.4) is 0 Å². The second kappa shape index (κ2) is 7.51. The number of nitrogens with zero attached hydrogens (tertiary/aromatic N) is 3. The van der Waals surface area contributed by atoms with Crippen LogP contribution in [0.1, 0.15) is 35.8 Å². The van der Waals surface area contributed by atoms with Gasteiger partial charge in [0.25, 0.3) is 5.91 Å². The minimum Gasteiger partial charge on any atom is -0.469 e. The molecule has 0 radical (unpaired) electrons. The van der Waals surface area contributed by atoms with Crippen LogP contribution >= 0.6 is 0 Å². The van der Waals surface area contributed by atoms with E-state index >= 15 is 0 Å². The first-order valence-corrected chi connectivity index (χ1v) is 8.65. The van der Waals surface area contributed by atoms with Crippen LogP contribution in [-0.4, -0.2) is 46.8 Å². The van der Waals surface area contributed by atoms with Gasteiger partial charge in [-0.05, 0) is 31.4 Å². The molecular formula is C19H23N3O3. The smallest absolute Gasteiger partial charge is 0.308 e. The van der Waals surface area contributed by atoms with E-state index in [4.69, 9.17) is 4.74 Å². The van der Waals surface area contributed by atoms with Gasteiger partial charge in [-0.1, -0.05) is 25.1 Å². The Hall–Kier alpha value is -2.63. The number of hydrogen-bond acceptors (Lipinski definition) is 4. The maximum absolute atomic E-state index is 12.9. The van der Waals surface area contributed by atoms with E-state index in [1.54, 1.807) is 6.20 Å². The number of ether oxygens (including phenoxy) is 1. The SMILES string of the molecule is CCc1c(C(=O)N2CCC(C(=O)OC)CC2)cnn1-c1ccccc1. The third-order valence-corrected chi connectivity index (χ3v) is 4.75. The summed E-state index contributed by atoms with van der Waals surface area (Å²) in [7, 11) is 1.41. The average molecular weight is 341 g/mol. The molecule has 6 heteroatoms. The molecule has 1 saturated heterocycles. The average Bonchev–Trinajstić information content (AvgIpc) is 3.11. The van der Waals surface area contributed by atoms with Gasteiger partial charge in [-0.3, -0.25) is 9.59 Å². The second-order valence-electron chi connectivity index (χ2n) is 6.20. The molecule has 1 amide bonds. The molecule has 1 aromatic heterocycles. The molecule has 0 unspecified atom stereocenters. The number of rotatable bonds is 4. The molecule has 132 valence electrons. The number of carbonyl (C=O) groups excluding carboxylic acids is 2. The molecule has 6 nitrogen and oxygen atoms in total. The van der Waals surface area contributed by atoms with Crippen molar-refractivity contribution < 1.29 is 14.3 Å². The van der Waals surface area contributed by atoms with E-state index in [2.05, 4.69) is 5.10 Å². The molecule has 1 aromatic carbocycles. The lowest BCUT2D eigenvalue weighted by molar-refractivity contribution is -0.146. The molecule has 0 bridgehead atoms. The molecule has 0 aliphatic carbocycles. The van der Waals surface area contributed by atoms with Crippen molar-refractivity contribution >= 4 is 11.9 Å². The summed E-state index contributed by atoms with van der Waals surface area (Å²) in [5.41, 5.74) is 2.50. The Kier molecular flexibility index (Phi) is 5.16. The van der Waals surface area contributed by atoms with E-state index in [0.717, 1.165) is 11.4 Å². The summed E-state index contributed by atoms with van der Waals surface area (Å²) in [6.07, 6.45) is 3.66. The molecule has 0 atom stereocenters. The van der Waals surface area contributed by atoms with Gasteiger partial charge in [0, 0.05) is 13.1 Å². The molecule has 1 aliphatic rings. The molecular weight excluding hydrogens is 318 g/mol. The minimum atomic E-state index is -0.182. The standard InChI is InChI=1S/C19H23N3O3/c1-3-17-16(13-20-22(17)15-7-5-4-6-8-15)18(23)21-11-9-14(10-12-21)19(24)25-2/h4-8,13-14H,3,9-12H2,1-2H3. The van der Waals surface area contributed by atoms with Crippen LogP contribution in [0, 0.1) is 5.92 Å². The summed E-state index contributed by atoms with van der Waals surface area (Å²) < 4.78 is 6.63. The first-order valence-electron chi connectivity index (χ1n) is 8.65. The summed E-state index contributed by atoms with van der Waals surface area (Å²) in [5, 5.41) is 4.42. The molecule has 2 heterocycles. The number of methoxy groups -OCH3 is 1. The van der Waals surface area contributed by atoms with Crippen LogP contribution in [-0.2, 0) is 16.0 Å². The molecule has 0 N–H and O–H groups in total. The van der Waals surface area contributed by atoms with E-state index in [1.807, 2.05) is 46.8 Å². The topological polar surface area (TPSA) is 64.4 Å². The lowest BCUT2D eigenvalue weighted by Gasteiger charge is -2.30. The van der Waals surface area contributed by atoms with Crippen molar-refractivity contribution in [2.24, 2.45) is 5.92 Å². The van der Waals surface area contributed by atoms with E-state index < -0.39 is 0 Å². The highest BCUT2D eigenvalue weighted by Gasteiger charge is 2.30. The predicted molar refractivity (Wildman–Crippen MR) is 93.6 cm³/mol. The maximum Gasteiger partial charge on any atom is 0.308 e. The van der Waals surface area contributed by atoms with Gasteiger partial charge in [0.05, 0.1) is 36.2 Å². The molecule has 1 aliphatic heterocycles. The van der Waals surface area contributed by atoms with Gasteiger partial charge in [0.15, 0.2) is 0 Å². The summed E-state index contributed by atoms with van der Waals surface area (Å²) in [6.45, 7) is 3.16. The van der Waals surface area contributed by atoms with Crippen molar-refractivity contribution in [3.05, 3.63) is 47.8 Å². The van der Waals surface area contributed by atoms with Crippen molar-refractivity contribution in [2.45, 2.75) is 26.2 Å². The Morgan fingerprint density at radius 2 is 1.88 bits per heavy atom. The largest absolute Gasteiger partial charge is 0.469 e. The van der Waals surface area contributed by atoms with Crippen molar-refractivity contribution in [2.75, 3.05) is 20.2 Å². The van der Waals surface area contributed by atoms with Crippen molar-refractivity contribution in [3.63, 3.8) is 0 Å². The van der Waals surface area contributed by atoms with Gasteiger partial charge in [-0.25, -0.2) is 4.68 Å². The van der Waals surface area contributed by atoms with Gasteiger partial charge < -0.3 is 9.64 Å². The summed E-state index contributed by atoms with van der Waals surface area (Å²) in [4.78, 5) is 26.4. The maximum atomic E-state index is 12.9. The molecule has 2 aromatic rings. The van der Waals surface area contributed by atoms with Gasteiger partial charge in [0.2, 0.25) is 0 Å². The number of carbonyl (C=O) groups is 2. The minimum absolute atomic E-state index is 0.0117. The van der Waals surface area contributed by atoms with Crippen LogP contribution in [0.2, 0.25) is 0 Å². The Morgan fingerprint density at radius 1 is 1.20 bits per heavy atom. The molecule has 1 fully saturated rings. The Balaban J connectivity index is 1.77. The zero-order chi connectivity index (χ0) is 17.8. The van der Waals surface area contributed by atoms with Crippen LogP contribution < -0.4 is 0 Å². The third-order valence-electron chi connectivity index (χ3n) is 4.75. The summed E-state index contributed by atoms with van der Waals surface area (Å²) >= 11 is 0. The third kappa shape index (κ3) is 3.43. The Labute approximate surface area is 147 Å². The summed E-state index contributed by atoms with van der Waals surface area (Å²) in [5.74, 6) is -0.299. The lowest BCUT2D eigenvalue weighted by atomic mass is 9.96. The lowest BCUT2D eigenvalue weighted by Crippen LogP contribution is -2.40. The highest BCUT2D eigenvalue weighted by atomic mass is 16.5. The van der Waals surface area contributed by atoms with Crippen molar-refractivity contribution in [3.8, 4) is 5.69 Å². The quantitative estimate of drug-likeness (QED) is 0.802. The number of hydrogen-bond donors (Lipinski definition) is 0. The number of benzene rings is 1. The van der Waals surface area contributed by atoms with Crippen molar-refractivity contribution in [1.82, 2.24) is 14.7 Å². The van der Waals surface area contributed by atoms with E-state index in [9.17, 15) is 9.59 Å². The number of aromatic nitrogens is 2. The van der Waals surface area contributed by atoms with Crippen LogP contribution in [0.5, 0.6) is 0 Å². The molecule has 0 spiro atoms. The van der Waals surface area contributed by atoms with E-state index in [0.29, 0.717) is 37.9 Å². The normalized spacial score (nSPS) is 15.2. The van der Waals surface area contributed by atoms with E-state index in [-0.39, 0.29) is 17.8 Å². The predicted octanol–water partition coefficient (Wildman–Crippen LogP) is 2.46. The first-order chi connectivity index (χ1) is 12.2. The second-order valence-corrected chi connectivity index (χ2v) is 6.20. The Bertz CT molecular complexity index is 747. The van der Waals surface area contributed by atoms with Gasteiger partial charge in [0.1, 0.15) is 0 Å². The van der Waals surface area contributed by atoms with Gasteiger partial charge in [-0.15, -0.1) is 0 Å². The van der Waals surface area contributed by atoms with Crippen LogP contribution in [0.4, 0.5) is 0 Å². The highest BCUT2D eigenvalue weighted by molar-refractivity contribution is 5.95. The monoisotopic (exact) mass is 341 g/mol.